The molecule has 0 aliphatic rings. The Morgan fingerprint density at radius 2 is 2.50 bits per heavy atom. The van der Waals surface area contributed by atoms with E-state index in [2.05, 4.69) is 11.2 Å². The normalized spacial score (nSPS) is 9.30. The van der Waals surface area contributed by atoms with Crippen LogP contribution in [0.15, 0.2) is 12.3 Å². The first-order valence-electron chi connectivity index (χ1n) is 2.85. The lowest BCUT2D eigenvalue weighted by molar-refractivity contribution is 0.0999. The Morgan fingerprint density at radius 3 is 2.90 bits per heavy atom. The fourth-order valence-corrected chi connectivity index (χ4v) is 0.672. The monoisotopic (exact) mass is 135 g/mol. The van der Waals surface area contributed by atoms with E-state index in [0.29, 0.717) is 5.56 Å². The fourth-order valence-electron chi connectivity index (χ4n) is 0.672. The summed E-state index contributed by atoms with van der Waals surface area (Å²) >= 11 is 0. The predicted octanol–water partition coefficient (Wildman–Crippen LogP) is 0.289. The highest BCUT2D eigenvalue weighted by Crippen LogP contribution is 2.01. The largest absolute Gasteiger partial charge is 0.366 e. The molecule has 1 rings (SSSR count). The first-order valence-corrected chi connectivity index (χ1v) is 2.85. The number of primary amides is 1. The van der Waals surface area contributed by atoms with E-state index in [9.17, 15) is 4.79 Å². The van der Waals surface area contributed by atoms with Gasteiger partial charge in [0, 0.05) is 6.20 Å². The Labute approximate surface area is 58.9 Å². The predicted molar refractivity (Wildman–Crippen MR) is 36.3 cm³/mol. The van der Waals surface area contributed by atoms with Crippen LogP contribution in [-0.4, -0.2) is 10.9 Å². The number of amides is 1. The summed E-state index contributed by atoms with van der Waals surface area (Å²) < 4.78 is 0. The van der Waals surface area contributed by atoms with Crippen molar-refractivity contribution >= 4 is 5.91 Å². The van der Waals surface area contributed by atoms with Gasteiger partial charge in [-0.05, 0) is 18.6 Å². The molecule has 3 nitrogen and oxygen atoms in total. The van der Waals surface area contributed by atoms with Crippen molar-refractivity contribution in [3.63, 3.8) is 0 Å². The van der Waals surface area contributed by atoms with Crippen LogP contribution in [-0.2, 0) is 0 Å². The second kappa shape index (κ2) is 2.47. The molecule has 1 heterocycles. The summed E-state index contributed by atoms with van der Waals surface area (Å²) in [5, 5.41) is 0. The Bertz CT molecular complexity index is 258. The Morgan fingerprint density at radius 1 is 1.80 bits per heavy atom. The molecule has 0 atom stereocenters. The lowest BCUT2D eigenvalue weighted by atomic mass is 10.1. The summed E-state index contributed by atoms with van der Waals surface area (Å²) in [5.41, 5.74) is 6.18. The molecule has 51 valence electrons. The van der Waals surface area contributed by atoms with Crippen molar-refractivity contribution in [3.8, 4) is 0 Å². The van der Waals surface area contributed by atoms with E-state index < -0.39 is 5.91 Å². The topological polar surface area (TPSA) is 56.0 Å². The number of rotatable bonds is 1. The van der Waals surface area contributed by atoms with E-state index in [1.165, 1.54) is 0 Å². The van der Waals surface area contributed by atoms with Crippen molar-refractivity contribution in [2.24, 2.45) is 5.73 Å². The minimum Gasteiger partial charge on any atom is -0.366 e. The smallest absolute Gasteiger partial charge is 0.251 e. The number of hydrogen-bond acceptors (Lipinski definition) is 2. The van der Waals surface area contributed by atoms with Crippen molar-refractivity contribution in [1.29, 1.82) is 0 Å². The lowest BCUT2D eigenvalue weighted by Crippen LogP contribution is -2.12. The Hall–Kier alpha value is -1.38. The SMILES string of the molecule is Cc1ccn[c]c1C(N)=O. The lowest BCUT2D eigenvalue weighted by Gasteiger charge is -1.95. The quantitative estimate of drug-likeness (QED) is 0.601. The van der Waals surface area contributed by atoms with Crippen molar-refractivity contribution in [3.05, 3.63) is 29.6 Å². The van der Waals surface area contributed by atoms with Crippen LogP contribution in [0.25, 0.3) is 0 Å². The van der Waals surface area contributed by atoms with Gasteiger partial charge in [-0.2, -0.15) is 0 Å². The van der Waals surface area contributed by atoms with Gasteiger partial charge in [-0.3, -0.25) is 9.78 Å². The molecular formula is C7H7N2O. The van der Waals surface area contributed by atoms with Crippen molar-refractivity contribution in [1.82, 2.24) is 4.98 Å². The highest BCUT2D eigenvalue weighted by molar-refractivity contribution is 5.93. The van der Waals surface area contributed by atoms with E-state index in [1.807, 2.05) is 0 Å². The number of aromatic nitrogens is 1. The van der Waals surface area contributed by atoms with Crippen LogP contribution in [0.4, 0.5) is 0 Å². The van der Waals surface area contributed by atoms with Crippen molar-refractivity contribution in [2.45, 2.75) is 6.92 Å². The standard InChI is InChI=1S/C7H7N2O/c1-5-2-3-9-4-6(5)7(8)10/h2-3H,1H3,(H2,8,10). The van der Waals surface area contributed by atoms with Gasteiger partial charge in [-0.1, -0.05) is 0 Å². The summed E-state index contributed by atoms with van der Waals surface area (Å²) in [4.78, 5) is 14.2. The highest BCUT2D eigenvalue weighted by atomic mass is 16.1. The van der Waals surface area contributed by atoms with Gasteiger partial charge in [0.05, 0.1) is 5.56 Å². The minimum atomic E-state index is -0.481. The van der Waals surface area contributed by atoms with E-state index in [-0.39, 0.29) is 0 Å². The van der Waals surface area contributed by atoms with Gasteiger partial charge in [0.2, 0.25) is 0 Å². The summed E-state index contributed by atoms with van der Waals surface area (Å²) in [6.45, 7) is 1.79. The molecule has 1 aromatic heterocycles. The molecule has 1 aromatic rings. The Kier molecular flexibility index (Phi) is 1.67. The molecule has 0 aromatic carbocycles. The second-order valence-corrected chi connectivity index (χ2v) is 1.98. The molecule has 3 heteroatoms. The van der Waals surface area contributed by atoms with Crippen molar-refractivity contribution in [2.75, 3.05) is 0 Å². The summed E-state index contributed by atoms with van der Waals surface area (Å²) in [6, 6.07) is 1.72. The van der Waals surface area contributed by atoms with E-state index >= 15 is 0 Å². The number of nitrogens with two attached hydrogens (primary N) is 1. The van der Waals surface area contributed by atoms with E-state index in [0.717, 1.165) is 5.56 Å². The van der Waals surface area contributed by atoms with Crippen LogP contribution >= 0.6 is 0 Å². The molecule has 0 saturated carbocycles. The molecule has 0 aliphatic heterocycles. The molecule has 0 bridgehead atoms. The van der Waals surface area contributed by atoms with Gasteiger partial charge in [0.15, 0.2) is 0 Å². The third kappa shape index (κ3) is 1.13. The van der Waals surface area contributed by atoms with E-state index in [4.69, 9.17) is 5.73 Å². The van der Waals surface area contributed by atoms with Gasteiger partial charge in [0.25, 0.3) is 5.91 Å². The fraction of sp³-hybridized carbons (Fsp3) is 0.143. The summed E-state index contributed by atoms with van der Waals surface area (Å²) in [7, 11) is 0. The molecule has 1 radical (unpaired) electrons. The maximum absolute atomic E-state index is 10.6. The van der Waals surface area contributed by atoms with E-state index in [1.54, 1.807) is 19.2 Å². The van der Waals surface area contributed by atoms with Crippen LogP contribution in [0.1, 0.15) is 15.9 Å². The number of carbonyl (C=O) groups is 1. The number of pyridine rings is 1. The Balaban J connectivity index is 3.15. The molecular weight excluding hydrogens is 128 g/mol. The van der Waals surface area contributed by atoms with Crippen LogP contribution < -0.4 is 5.73 Å². The molecule has 10 heavy (non-hydrogen) atoms. The molecule has 2 N–H and O–H groups in total. The molecule has 0 saturated heterocycles. The molecule has 0 fully saturated rings. The van der Waals surface area contributed by atoms with Gasteiger partial charge in [-0.25, -0.2) is 0 Å². The third-order valence-electron chi connectivity index (χ3n) is 1.22. The third-order valence-corrected chi connectivity index (χ3v) is 1.22. The highest BCUT2D eigenvalue weighted by Gasteiger charge is 2.02. The van der Waals surface area contributed by atoms with Gasteiger partial charge < -0.3 is 5.73 Å². The zero-order chi connectivity index (χ0) is 7.56. The van der Waals surface area contributed by atoms with Gasteiger partial charge >= 0.3 is 0 Å². The number of carbonyl (C=O) groups excluding carboxylic acids is 1. The minimum absolute atomic E-state index is 0.363. The molecule has 0 aliphatic carbocycles. The van der Waals surface area contributed by atoms with Crippen LogP contribution in [0.3, 0.4) is 0 Å². The van der Waals surface area contributed by atoms with Gasteiger partial charge in [-0.15, -0.1) is 0 Å². The van der Waals surface area contributed by atoms with Crippen molar-refractivity contribution < 1.29 is 4.79 Å². The van der Waals surface area contributed by atoms with Gasteiger partial charge in [0.1, 0.15) is 6.20 Å². The van der Waals surface area contributed by atoms with Crippen LogP contribution in [0, 0.1) is 13.1 Å². The number of aryl methyl sites for hydroxylation is 1. The first kappa shape index (κ1) is 6.74. The summed E-state index contributed by atoms with van der Waals surface area (Å²) in [6.07, 6.45) is 4.08. The zero-order valence-electron chi connectivity index (χ0n) is 5.59. The van der Waals surface area contributed by atoms with Crippen LogP contribution in [0.5, 0.6) is 0 Å². The number of hydrogen-bond donors (Lipinski definition) is 1. The molecule has 0 unspecified atom stereocenters. The zero-order valence-corrected chi connectivity index (χ0v) is 5.59. The molecule has 0 spiro atoms. The second-order valence-electron chi connectivity index (χ2n) is 1.98. The number of nitrogens with zero attached hydrogens (tertiary/aromatic N) is 1. The maximum atomic E-state index is 10.6. The maximum Gasteiger partial charge on any atom is 0.251 e. The van der Waals surface area contributed by atoms with Crippen LogP contribution in [0.2, 0.25) is 0 Å². The average molecular weight is 135 g/mol. The average Bonchev–Trinajstić information content (AvgIpc) is 1.88. The first-order chi connectivity index (χ1) is 4.72. The molecule has 1 amide bonds. The summed E-state index contributed by atoms with van der Waals surface area (Å²) in [5.74, 6) is -0.481.